The van der Waals surface area contributed by atoms with Gasteiger partial charge in [-0.25, -0.2) is 0 Å². The van der Waals surface area contributed by atoms with Crippen molar-refractivity contribution < 1.29 is 9.59 Å². The first-order valence-corrected chi connectivity index (χ1v) is 9.25. The predicted octanol–water partition coefficient (Wildman–Crippen LogP) is 2.87. The van der Waals surface area contributed by atoms with Gasteiger partial charge in [0.25, 0.3) is 5.91 Å². The monoisotopic (exact) mass is 366 g/mol. The second-order valence-corrected chi connectivity index (χ2v) is 7.10. The van der Waals surface area contributed by atoms with E-state index in [1.807, 2.05) is 25.1 Å². The molecule has 2 amide bonds. The van der Waals surface area contributed by atoms with Gasteiger partial charge in [0.2, 0.25) is 5.91 Å². The van der Waals surface area contributed by atoms with Crippen LogP contribution in [0.4, 0.5) is 5.69 Å². The number of carbonyl (C=O) groups is 2. The molecule has 142 valence electrons. The fourth-order valence-electron chi connectivity index (χ4n) is 3.51. The zero-order chi connectivity index (χ0) is 19.4. The fraction of sp³-hybridized carbons (Fsp3) is 0.381. The van der Waals surface area contributed by atoms with Crippen molar-refractivity contribution >= 4 is 17.5 Å². The number of anilines is 1. The minimum Gasteiger partial charge on any atom is -0.345 e. The van der Waals surface area contributed by atoms with Gasteiger partial charge in [0, 0.05) is 37.7 Å². The van der Waals surface area contributed by atoms with E-state index in [9.17, 15) is 9.59 Å². The number of nitrogens with one attached hydrogen (secondary N) is 1. The van der Waals surface area contributed by atoms with Crippen LogP contribution in [-0.2, 0) is 4.79 Å². The fourth-order valence-corrected chi connectivity index (χ4v) is 3.51. The summed E-state index contributed by atoms with van der Waals surface area (Å²) in [5.41, 5.74) is 2.92. The van der Waals surface area contributed by atoms with Crippen LogP contribution in [0.3, 0.4) is 0 Å². The van der Waals surface area contributed by atoms with Crippen molar-refractivity contribution in [2.45, 2.75) is 25.8 Å². The maximum absolute atomic E-state index is 13.2. The number of likely N-dealkylation sites (tertiary alicyclic amines) is 1. The Morgan fingerprint density at radius 3 is 2.52 bits per heavy atom. The molecule has 3 rings (SSSR count). The molecule has 1 N–H and O–H groups in total. The average molecular weight is 366 g/mol. The maximum Gasteiger partial charge on any atom is 0.253 e. The summed E-state index contributed by atoms with van der Waals surface area (Å²) in [5.74, 6) is -0.172. The molecule has 1 unspecified atom stereocenters. The predicted molar refractivity (Wildman–Crippen MR) is 106 cm³/mol. The van der Waals surface area contributed by atoms with Crippen molar-refractivity contribution in [2.24, 2.45) is 0 Å². The van der Waals surface area contributed by atoms with Gasteiger partial charge >= 0.3 is 0 Å². The number of amides is 2. The minimum absolute atomic E-state index is 0.0769. The Morgan fingerprint density at radius 1 is 1.15 bits per heavy atom. The maximum atomic E-state index is 13.2. The largest absolute Gasteiger partial charge is 0.345 e. The van der Waals surface area contributed by atoms with Crippen LogP contribution in [0.15, 0.2) is 42.7 Å². The van der Waals surface area contributed by atoms with E-state index in [1.165, 1.54) is 4.90 Å². The van der Waals surface area contributed by atoms with Crippen LogP contribution in [0, 0.1) is 6.92 Å². The van der Waals surface area contributed by atoms with E-state index in [2.05, 4.69) is 15.2 Å². The Balaban J connectivity index is 1.88. The van der Waals surface area contributed by atoms with Crippen molar-refractivity contribution in [3.8, 4) is 0 Å². The summed E-state index contributed by atoms with van der Waals surface area (Å²) in [6, 6.07) is 8.83. The third-order valence-electron chi connectivity index (χ3n) is 4.98. The lowest BCUT2D eigenvalue weighted by Gasteiger charge is -2.27. The summed E-state index contributed by atoms with van der Waals surface area (Å²) >= 11 is 0. The lowest BCUT2D eigenvalue weighted by atomic mass is 10.0. The molecule has 0 radical (unpaired) electrons. The van der Waals surface area contributed by atoms with Gasteiger partial charge in [-0.1, -0.05) is 12.1 Å². The quantitative estimate of drug-likeness (QED) is 0.884. The summed E-state index contributed by atoms with van der Waals surface area (Å²) in [6.07, 6.45) is 5.65. The van der Waals surface area contributed by atoms with Gasteiger partial charge in [-0.05, 0) is 62.2 Å². The molecule has 2 aromatic rings. The zero-order valence-corrected chi connectivity index (χ0v) is 16.1. The normalized spacial score (nSPS) is 15.4. The van der Waals surface area contributed by atoms with Gasteiger partial charge < -0.3 is 10.2 Å². The van der Waals surface area contributed by atoms with Crippen molar-refractivity contribution in [3.05, 3.63) is 59.4 Å². The highest BCUT2D eigenvalue weighted by Gasteiger charge is 2.30. The number of nitrogens with zero attached hydrogens (tertiary/aromatic N) is 3. The molecule has 1 fully saturated rings. The number of carbonyl (C=O) groups excluding carboxylic acids is 2. The van der Waals surface area contributed by atoms with E-state index in [0.717, 1.165) is 37.1 Å². The highest BCUT2D eigenvalue weighted by Crippen LogP contribution is 2.27. The van der Waals surface area contributed by atoms with E-state index in [1.54, 1.807) is 38.6 Å². The highest BCUT2D eigenvalue weighted by atomic mass is 16.2. The molecule has 0 aliphatic carbocycles. The van der Waals surface area contributed by atoms with Crippen molar-refractivity contribution in [2.75, 3.05) is 32.5 Å². The standard InChI is InChI=1S/C21H26N4O2/c1-15-17(21(27)24(2)3)9-6-10-18(15)23-20(26)19(25-12-4-5-13-25)16-8-7-11-22-14-16/h6-11,14,19H,4-5,12-13H2,1-3H3,(H,23,26). The van der Waals surface area contributed by atoms with Crippen LogP contribution in [0.5, 0.6) is 0 Å². The van der Waals surface area contributed by atoms with Crippen molar-refractivity contribution in [1.29, 1.82) is 0 Å². The third-order valence-corrected chi connectivity index (χ3v) is 4.98. The molecule has 1 aliphatic heterocycles. The molecule has 6 nitrogen and oxygen atoms in total. The van der Waals surface area contributed by atoms with Gasteiger partial charge in [0.15, 0.2) is 0 Å². The first-order chi connectivity index (χ1) is 13.0. The molecule has 2 heterocycles. The number of rotatable bonds is 5. The van der Waals surface area contributed by atoms with Crippen LogP contribution < -0.4 is 5.32 Å². The van der Waals surface area contributed by atoms with Crippen LogP contribution in [0.2, 0.25) is 0 Å². The molecule has 0 saturated carbocycles. The van der Waals surface area contributed by atoms with Crippen LogP contribution in [0.1, 0.15) is 40.4 Å². The molecule has 0 spiro atoms. The molecule has 1 aromatic heterocycles. The Hall–Kier alpha value is -2.73. The summed E-state index contributed by atoms with van der Waals surface area (Å²) in [6.45, 7) is 3.65. The van der Waals surface area contributed by atoms with Gasteiger partial charge in [-0.15, -0.1) is 0 Å². The molecule has 0 bridgehead atoms. The molecular weight excluding hydrogens is 340 g/mol. The first kappa shape index (κ1) is 19.0. The van der Waals surface area contributed by atoms with Gasteiger partial charge in [0.05, 0.1) is 0 Å². The Kier molecular flexibility index (Phi) is 5.86. The highest BCUT2D eigenvalue weighted by molar-refractivity contribution is 6.00. The molecule has 1 aromatic carbocycles. The first-order valence-electron chi connectivity index (χ1n) is 9.25. The van der Waals surface area contributed by atoms with Crippen molar-refractivity contribution in [1.82, 2.24) is 14.8 Å². The van der Waals surface area contributed by atoms with E-state index >= 15 is 0 Å². The van der Waals surface area contributed by atoms with E-state index in [-0.39, 0.29) is 17.9 Å². The second-order valence-electron chi connectivity index (χ2n) is 7.10. The number of benzene rings is 1. The zero-order valence-electron chi connectivity index (χ0n) is 16.1. The number of aromatic nitrogens is 1. The Morgan fingerprint density at radius 2 is 1.89 bits per heavy atom. The van der Waals surface area contributed by atoms with Gasteiger partial charge in [-0.2, -0.15) is 0 Å². The molecule has 1 saturated heterocycles. The van der Waals surface area contributed by atoms with Crippen LogP contribution in [-0.4, -0.2) is 53.8 Å². The summed E-state index contributed by atoms with van der Waals surface area (Å²) < 4.78 is 0. The lowest BCUT2D eigenvalue weighted by Crippen LogP contribution is -2.35. The summed E-state index contributed by atoms with van der Waals surface area (Å²) in [4.78, 5) is 33.5. The topological polar surface area (TPSA) is 65.5 Å². The number of hydrogen-bond acceptors (Lipinski definition) is 4. The van der Waals surface area contributed by atoms with Crippen molar-refractivity contribution in [3.63, 3.8) is 0 Å². The van der Waals surface area contributed by atoms with Crippen LogP contribution in [0.25, 0.3) is 0 Å². The summed E-state index contributed by atoms with van der Waals surface area (Å²) in [5, 5.41) is 3.04. The third kappa shape index (κ3) is 4.17. The second kappa shape index (κ2) is 8.31. The average Bonchev–Trinajstić information content (AvgIpc) is 3.18. The molecule has 27 heavy (non-hydrogen) atoms. The minimum atomic E-state index is -0.381. The summed E-state index contributed by atoms with van der Waals surface area (Å²) in [7, 11) is 3.44. The lowest BCUT2D eigenvalue weighted by molar-refractivity contribution is -0.121. The van der Waals surface area contributed by atoms with E-state index < -0.39 is 0 Å². The van der Waals surface area contributed by atoms with Gasteiger partial charge in [-0.3, -0.25) is 19.5 Å². The Bertz CT molecular complexity index is 814. The van der Waals surface area contributed by atoms with Gasteiger partial charge in [0.1, 0.15) is 6.04 Å². The molecule has 1 aliphatic rings. The molecule has 6 heteroatoms. The smallest absolute Gasteiger partial charge is 0.253 e. The van der Waals surface area contributed by atoms with Crippen LogP contribution >= 0.6 is 0 Å². The number of pyridine rings is 1. The molecular formula is C21H26N4O2. The Labute approximate surface area is 160 Å². The number of hydrogen-bond donors (Lipinski definition) is 1. The SMILES string of the molecule is Cc1c(NC(=O)C(c2cccnc2)N2CCCC2)cccc1C(=O)N(C)C. The van der Waals surface area contributed by atoms with E-state index in [0.29, 0.717) is 11.3 Å². The van der Waals surface area contributed by atoms with E-state index in [4.69, 9.17) is 0 Å². The molecule has 1 atom stereocenters.